The van der Waals surface area contributed by atoms with E-state index in [0.717, 1.165) is 25.9 Å². The Morgan fingerprint density at radius 3 is 3.00 bits per heavy atom. The Morgan fingerprint density at radius 1 is 1.53 bits per heavy atom. The summed E-state index contributed by atoms with van der Waals surface area (Å²) in [7, 11) is 1.54. The number of hydrogen-bond donors (Lipinski definition) is 1. The number of piperidine rings is 1. The Balaban J connectivity index is 2.02. The smallest absolute Gasteiger partial charge is 0.131 e. The summed E-state index contributed by atoms with van der Waals surface area (Å²) in [6, 6.07) is 5.24. The first-order valence-corrected chi connectivity index (χ1v) is 5.99. The van der Waals surface area contributed by atoms with Crippen LogP contribution in [-0.4, -0.2) is 31.1 Å². The van der Waals surface area contributed by atoms with Crippen molar-refractivity contribution in [3.63, 3.8) is 0 Å². The van der Waals surface area contributed by atoms with Crippen molar-refractivity contribution >= 4 is 0 Å². The molecule has 1 atom stereocenters. The number of nitrogens with zero attached hydrogens (tertiary/aromatic N) is 1. The zero-order valence-electron chi connectivity index (χ0n) is 10.2. The second kappa shape index (κ2) is 5.47. The fraction of sp³-hybridized carbons (Fsp3) is 0.538. The standard InChI is InChI=1S/C13H19FN2O/c1-17-12-5-4-10(13(14)7-12)8-16-6-2-3-11(15)9-16/h4-5,7,11H,2-3,6,8-9,15H2,1H3. The molecule has 1 saturated heterocycles. The molecule has 17 heavy (non-hydrogen) atoms. The molecule has 94 valence electrons. The number of benzene rings is 1. The number of rotatable bonds is 3. The highest BCUT2D eigenvalue weighted by atomic mass is 19.1. The van der Waals surface area contributed by atoms with Crippen LogP contribution in [0, 0.1) is 5.82 Å². The minimum Gasteiger partial charge on any atom is -0.497 e. The van der Waals surface area contributed by atoms with Crippen molar-refractivity contribution < 1.29 is 9.13 Å². The third kappa shape index (κ3) is 3.17. The van der Waals surface area contributed by atoms with Crippen LogP contribution in [0.4, 0.5) is 4.39 Å². The Kier molecular flexibility index (Phi) is 3.97. The van der Waals surface area contributed by atoms with E-state index in [2.05, 4.69) is 4.90 Å². The summed E-state index contributed by atoms with van der Waals surface area (Å²) in [6.07, 6.45) is 2.17. The molecule has 1 fully saturated rings. The van der Waals surface area contributed by atoms with Gasteiger partial charge in [0.15, 0.2) is 0 Å². The molecule has 0 spiro atoms. The van der Waals surface area contributed by atoms with Crippen LogP contribution < -0.4 is 10.5 Å². The molecule has 0 radical (unpaired) electrons. The van der Waals surface area contributed by atoms with Crippen LogP contribution in [0.3, 0.4) is 0 Å². The van der Waals surface area contributed by atoms with Gasteiger partial charge in [0.1, 0.15) is 11.6 Å². The fourth-order valence-corrected chi connectivity index (χ4v) is 2.26. The zero-order chi connectivity index (χ0) is 12.3. The number of halogens is 1. The molecule has 2 rings (SSSR count). The lowest BCUT2D eigenvalue weighted by atomic mass is 10.1. The van der Waals surface area contributed by atoms with E-state index in [0.29, 0.717) is 17.9 Å². The molecule has 1 aliphatic heterocycles. The van der Waals surface area contributed by atoms with E-state index in [1.54, 1.807) is 12.1 Å². The molecule has 3 nitrogen and oxygen atoms in total. The monoisotopic (exact) mass is 238 g/mol. The van der Waals surface area contributed by atoms with Gasteiger partial charge in [-0.3, -0.25) is 4.90 Å². The summed E-state index contributed by atoms with van der Waals surface area (Å²) >= 11 is 0. The number of hydrogen-bond acceptors (Lipinski definition) is 3. The molecule has 1 aromatic carbocycles. The highest BCUT2D eigenvalue weighted by Crippen LogP contribution is 2.19. The molecule has 0 saturated carbocycles. The number of likely N-dealkylation sites (tertiary alicyclic amines) is 1. The van der Waals surface area contributed by atoms with Crippen LogP contribution in [-0.2, 0) is 6.54 Å². The van der Waals surface area contributed by atoms with E-state index in [-0.39, 0.29) is 11.9 Å². The lowest BCUT2D eigenvalue weighted by Crippen LogP contribution is -2.42. The lowest BCUT2D eigenvalue weighted by Gasteiger charge is -2.30. The van der Waals surface area contributed by atoms with E-state index < -0.39 is 0 Å². The third-order valence-electron chi connectivity index (χ3n) is 3.20. The first kappa shape index (κ1) is 12.3. The lowest BCUT2D eigenvalue weighted by molar-refractivity contribution is 0.199. The van der Waals surface area contributed by atoms with Crippen LogP contribution in [0.5, 0.6) is 5.75 Å². The minimum absolute atomic E-state index is 0.205. The molecule has 0 bridgehead atoms. The zero-order valence-corrected chi connectivity index (χ0v) is 10.2. The Hall–Kier alpha value is -1.13. The van der Waals surface area contributed by atoms with Crippen molar-refractivity contribution in [1.82, 2.24) is 4.90 Å². The Labute approximate surface area is 101 Å². The van der Waals surface area contributed by atoms with Crippen molar-refractivity contribution in [1.29, 1.82) is 0 Å². The Morgan fingerprint density at radius 2 is 2.35 bits per heavy atom. The average Bonchev–Trinajstić information content (AvgIpc) is 2.32. The van der Waals surface area contributed by atoms with Crippen LogP contribution >= 0.6 is 0 Å². The summed E-state index contributed by atoms with van der Waals surface area (Å²) in [5, 5.41) is 0. The number of nitrogens with two attached hydrogens (primary N) is 1. The summed E-state index contributed by atoms with van der Waals surface area (Å²) in [4.78, 5) is 2.21. The van der Waals surface area contributed by atoms with Gasteiger partial charge in [0.05, 0.1) is 7.11 Å². The maximum Gasteiger partial charge on any atom is 0.131 e. The summed E-state index contributed by atoms with van der Waals surface area (Å²) in [6.45, 7) is 2.48. The van der Waals surface area contributed by atoms with Crippen molar-refractivity contribution in [3.05, 3.63) is 29.6 Å². The van der Waals surface area contributed by atoms with Gasteiger partial charge in [0, 0.05) is 30.8 Å². The van der Waals surface area contributed by atoms with Crippen LogP contribution in [0.15, 0.2) is 18.2 Å². The number of ether oxygens (including phenoxy) is 1. The van der Waals surface area contributed by atoms with Crippen LogP contribution in [0.1, 0.15) is 18.4 Å². The van der Waals surface area contributed by atoms with E-state index in [1.807, 2.05) is 0 Å². The SMILES string of the molecule is COc1ccc(CN2CCCC(N)C2)c(F)c1. The Bertz CT molecular complexity index is 384. The van der Waals surface area contributed by atoms with Gasteiger partial charge in [-0.1, -0.05) is 6.07 Å². The van der Waals surface area contributed by atoms with E-state index in [4.69, 9.17) is 10.5 Å². The number of methoxy groups -OCH3 is 1. The molecule has 1 aromatic rings. The molecule has 0 amide bonds. The second-order valence-electron chi connectivity index (χ2n) is 4.59. The van der Waals surface area contributed by atoms with Gasteiger partial charge < -0.3 is 10.5 Å². The van der Waals surface area contributed by atoms with E-state index in [1.165, 1.54) is 13.2 Å². The van der Waals surface area contributed by atoms with Gasteiger partial charge in [0.2, 0.25) is 0 Å². The summed E-state index contributed by atoms with van der Waals surface area (Å²) in [5.41, 5.74) is 6.62. The topological polar surface area (TPSA) is 38.5 Å². The van der Waals surface area contributed by atoms with Crippen LogP contribution in [0.25, 0.3) is 0 Å². The van der Waals surface area contributed by atoms with E-state index >= 15 is 0 Å². The van der Waals surface area contributed by atoms with Gasteiger partial charge in [-0.05, 0) is 25.5 Å². The third-order valence-corrected chi connectivity index (χ3v) is 3.20. The normalized spacial score (nSPS) is 21.5. The molecule has 1 heterocycles. The van der Waals surface area contributed by atoms with Crippen molar-refractivity contribution in [3.8, 4) is 5.75 Å². The molecule has 4 heteroatoms. The van der Waals surface area contributed by atoms with E-state index in [9.17, 15) is 4.39 Å². The summed E-state index contributed by atoms with van der Waals surface area (Å²) in [5.74, 6) is 0.352. The molecule has 2 N–H and O–H groups in total. The first-order chi connectivity index (χ1) is 8.19. The van der Waals surface area contributed by atoms with Gasteiger partial charge in [-0.15, -0.1) is 0 Å². The fourth-order valence-electron chi connectivity index (χ4n) is 2.26. The average molecular weight is 238 g/mol. The second-order valence-corrected chi connectivity index (χ2v) is 4.59. The van der Waals surface area contributed by atoms with Crippen LogP contribution in [0.2, 0.25) is 0 Å². The maximum absolute atomic E-state index is 13.8. The van der Waals surface area contributed by atoms with Gasteiger partial charge in [-0.25, -0.2) is 4.39 Å². The molecular formula is C13H19FN2O. The van der Waals surface area contributed by atoms with Crippen molar-refractivity contribution in [2.45, 2.75) is 25.4 Å². The molecule has 0 aromatic heterocycles. The highest BCUT2D eigenvalue weighted by Gasteiger charge is 2.17. The van der Waals surface area contributed by atoms with Gasteiger partial charge in [-0.2, -0.15) is 0 Å². The molecule has 0 aliphatic carbocycles. The molecule has 1 aliphatic rings. The highest BCUT2D eigenvalue weighted by molar-refractivity contribution is 5.28. The maximum atomic E-state index is 13.8. The largest absolute Gasteiger partial charge is 0.497 e. The molecular weight excluding hydrogens is 219 g/mol. The quantitative estimate of drug-likeness (QED) is 0.872. The van der Waals surface area contributed by atoms with Gasteiger partial charge >= 0.3 is 0 Å². The first-order valence-electron chi connectivity index (χ1n) is 5.99. The van der Waals surface area contributed by atoms with Gasteiger partial charge in [0.25, 0.3) is 0 Å². The minimum atomic E-state index is -0.205. The predicted octanol–water partition coefficient (Wildman–Crippen LogP) is 1.76. The predicted molar refractivity (Wildman–Crippen MR) is 65.4 cm³/mol. The summed E-state index contributed by atoms with van der Waals surface area (Å²) < 4.78 is 18.7. The molecule has 1 unspecified atom stereocenters. The van der Waals surface area contributed by atoms with Crippen molar-refractivity contribution in [2.24, 2.45) is 5.73 Å². The van der Waals surface area contributed by atoms with Crippen molar-refractivity contribution in [2.75, 3.05) is 20.2 Å².